The van der Waals surface area contributed by atoms with E-state index in [-0.39, 0.29) is 0 Å². The van der Waals surface area contributed by atoms with Gasteiger partial charge in [-0.05, 0) is 24.7 Å². The molecule has 0 heterocycles. The molecule has 0 aromatic carbocycles. The zero-order chi connectivity index (χ0) is 12.5. The topological polar surface area (TPSA) is 37.3 Å². The average molecular weight is 240 g/mol. The van der Waals surface area contributed by atoms with Gasteiger partial charge in [-0.2, -0.15) is 0 Å². The molecule has 1 rings (SSSR count). The summed E-state index contributed by atoms with van der Waals surface area (Å²) in [5, 5.41) is 8.48. The largest absolute Gasteiger partial charge is 0.481 e. The zero-order valence-electron chi connectivity index (χ0n) is 11.3. The highest BCUT2D eigenvalue weighted by atomic mass is 16.4. The van der Waals surface area contributed by atoms with Crippen molar-refractivity contribution in [1.29, 1.82) is 0 Å². The highest BCUT2D eigenvalue weighted by Gasteiger charge is 2.31. The molecule has 0 aromatic heterocycles. The fourth-order valence-corrected chi connectivity index (χ4v) is 2.54. The van der Waals surface area contributed by atoms with Crippen LogP contribution in [0.2, 0.25) is 0 Å². The first kappa shape index (κ1) is 14.5. The van der Waals surface area contributed by atoms with Gasteiger partial charge in [0.15, 0.2) is 0 Å². The van der Waals surface area contributed by atoms with Crippen molar-refractivity contribution in [2.24, 2.45) is 11.8 Å². The summed E-state index contributed by atoms with van der Waals surface area (Å²) in [4.78, 5) is 10.3. The SMILES string of the molecule is C[C@H]1C[C@H]1CCCCCCCCCCC(=O)O. The van der Waals surface area contributed by atoms with Crippen LogP contribution in [-0.2, 0) is 4.79 Å². The predicted octanol–water partition coefficient (Wildman–Crippen LogP) is 4.63. The number of carboxylic acid groups (broad SMARTS) is 1. The van der Waals surface area contributed by atoms with Gasteiger partial charge in [0.05, 0.1) is 0 Å². The molecule has 0 saturated heterocycles. The number of hydrogen-bond donors (Lipinski definition) is 1. The van der Waals surface area contributed by atoms with Gasteiger partial charge in [0.2, 0.25) is 0 Å². The standard InChI is InChI=1S/C15H28O2/c1-13-12-14(13)10-8-6-4-2-3-5-7-9-11-15(16)17/h13-14H,2-12H2,1H3,(H,16,17)/t13-,14+/m0/s1. The van der Waals surface area contributed by atoms with Crippen molar-refractivity contribution in [2.45, 2.75) is 77.6 Å². The number of hydrogen-bond acceptors (Lipinski definition) is 1. The molecule has 0 bridgehead atoms. The molecule has 1 aliphatic carbocycles. The van der Waals surface area contributed by atoms with Crippen molar-refractivity contribution in [1.82, 2.24) is 0 Å². The molecule has 0 aromatic rings. The van der Waals surface area contributed by atoms with Crippen LogP contribution in [0.1, 0.15) is 77.6 Å². The Balaban J connectivity index is 1.68. The Hall–Kier alpha value is -0.530. The Labute approximate surface area is 106 Å². The second kappa shape index (κ2) is 8.54. The minimum absolute atomic E-state index is 0.347. The molecular weight excluding hydrogens is 212 g/mol. The highest BCUT2D eigenvalue weighted by Crippen LogP contribution is 2.41. The van der Waals surface area contributed by atoms with Gasteiger partial charge in [-0.1, -0.05) is 58.3 Å². The monoisotopic (exact) mass is 240 g/mol. The molecule has 17 heavy (non-hydrogen) atoms. The molecule has 1 N–H and O–H groups in total. The molecule has 0 aliphatic heterocycles. The van der Waals surface area contributed by atoms with E-state index in [2.05, 4.69) is 6.92 Å². The fourth-order valence-electron chi connectivity index (χ4n) is 2.54. The maximum absolute atomic E-state index is 10.3. The summed E-state index contributed by atoms with van der Waals surface area (Å²) in [7, 11) is 0. The first-order valence-corrected chi connectivity index (χ1v) is 7.42. The van der Waals surface area contributed by atoms with Crippen LogP contribution in [0, 0.1) is 11.8 Å². The van der Waals surface area contributed by atoms with E-state index in [0.29, 0.717) is 6.42 Å². The van der Waals surface area contributed by atoms with Gasteiger partial charge in [-0.25, -0.2) is 0 Å². The molecule has 0 unspecified atom stereocenters. The van der Waals surface area contributed by atoms with Crippen LogP contribution < -0.4 is 0 Å². The summed E-state index contributed by atoms with van der Waals surface area (Å²) in [5.41, 5.74) is 0. The van der Waals surface area contributed by atoms with E-state index >= 15 is 0 Å². The van der Waals surface area contributed by atoms with Crippen LogP contribution >= 0.6 is 0 Å². The molecule has 1 saturated carbocycles. The van der Waals surface area contributed by atoms with Crippen molar-refractivity contribution in [2.75, 3.05) is 0 Å². The average Bonchev–Trinajstić information content (AvgIpc) is 2.97. The van der Waals surface area contributed by atoms with Gasteiger partial charge in [-0.3, -0.25) is 4.79 Å². The maximum atomic E-state index is 10.3. The first-order valence-electron chi connectivity index (χ1n) is 7.42. The number of aliphatic carboxylic acids is 1. The van der Waals surface area contributed by atoms with Gasteiger partial charge in [0.25, 0.3) is 0 Å². The summed E-state index contributed by atoms with van der Waals surface area (Å²) >= 11 is 0. The normalized spacial score (nSPS) is 22.6. The molecular formula is C15H28O2. The van der Waals surface area contributed by atoms with Crippen molar-refractivity contribution in [3.8, 4) is 0 Å². The molecule has 1 fully saturated rings. The van der Waals surface area contributed by atoms with Crippen molar-refractivity contribution >= 4 is 5.97 Å². The second-order valence-electron chi connectivity index (χ2n) is 5.73. The molecule has 2 atom stereocenters. The van der Waals surface area contributed by atoms with E-state index in [1.165, 1.54) is 51.4 Å². The van der Waals surface area contributed by atoms with Crippen LogP contribution in [0.5, 0.6) is 0 Å². The Kier molecular flexibility index (Phi) is 7.30. The maximum Gasteiger partial charge on any atom is 0.303 e. The van der Waals surface area contributed by atoms with E-state index in [9.17, 15) is 4.79 Å². The molecule has 100 valence electrons. The van der Waals surface area contributed by atoms with E-state index in [0.717, 1.165) is 24.7 Å². The lowest BCUT2D eigenvalue weighted by molar-refractivity contribution is -0.137. The van der Waals surface area contributed by atoms with Crippen LogP contribution in [0.3, 0.4) is 0 Å². The lowest BCUT2D eigenvalue weighted by Crippen LogP contribution is -1.93. The van der Waals surface area contributed by atoms with Gasteiger partial charge in [0.1, 0.15) is 0 Å². The smallest absolute Gasteiger partial charge is 0.303 e. The number of unbranched alkanes of at least 4 members (excludes halogenated alkanes) is 7. The van der Waals surface area contributed by atoms with E-state index in [1.54, 1.807) is 0 Å². The minimum atomic E-state index is -0.653. The number of carboxylic acids is 1. The van der Waals surface area contributed by atoms with Crippen molar-refractivity contribution < 1.29 is 9.90 Å². The Morgan fingerprint density at radius 2 is 1.47 bits per heavy atom. The summed E-state index contributed by atoms with van der Waals surface area (Å²) < 4.78 is 0. The third-order valence-corrected chi connectivity index (χ3v) is 3.99. The molecule has 0 amide bonds. The van der Waals surface area contributed by atoms with E-state index in [1.807, 2.05) is 0 Å². The van der Waals surface area contributed by atoms with Gasteiger partial charge < -0.3 is 5.11 Å². The third-order valence-electron chi connectivity index (χ3n) is 3.99. The van der Waals surface area contributed by atoms with Gasteiger partial charge in [-0.15, -0.1) is 0 Å². The van der Waals surface area contributed by atoms with E-state index < -0.39 is 5.97 Å². The van der Waals surface area contributed by atoms with Crippen molar-refractivity contribution in [3.63, 3.8) is 0 Å². The Bertz CT molecular complexity index is 213. The predicted molar refractivity (Wildman–Crippen MR) is 71.1 cm³/mol. The second-order valence-corrected chi connectivity index (χ2v) is 5.73. The Morgan fingerprint density at radius 1 is 1.00 bits per heavy atom. The zero-order valence-corrected chi connectivity index (χ0v) is 11.3. The van der Waals surface area contributed by atoms with E-state index in [4.69, 9.17) is 5.11 Å². The van der Waals surface area contributed by atoms with Crippen LogP contribution in [0.15, 0.2) is 0 Å². The molecule has 0 radical (unpaired) electrons. The lowest BCUT2D eigenvalue weighted by Gasteiger charge is -2.01. The highest BCUT2D eigenvalue weighted by molar-refractivity contribution is 5.66. The lowest BCUT2D eigenvalue weighted by atomic mass is 10.1. The molecule has 0 spiro atoms. The first-order chi connectivity index (χ1) is 8.20. The summed E-state index contributed by atoms with van der Waals surface area (Å²) in [6.07, 6.45) is 13.3. The molecule has 2 heteroatoms. The summed E-state index contributed by atoms with van der Waals surface area (Å²) in [6, 6.07) is 0. The summed E-state index contributed by atoms with van der Waals surface area (Å²) in [6.45, 7) is 2.36. The van der Waals surface area contributed by atoms with Gasteiger partial charge in [0, 0.05) is 6.42 Å². The van der Waals surface area contributed by atoms with Crippen LogP contribution in [0.4, 0.5) is 0 Å². The Morgan fingerprint density at radius 3 is 1.94 bits per heavy atom. The number of rotatable bonds is 11. The minimum Gasteiger partial charge on any atom is -0.481 e. The van der Waals surface area contributed by atoms with Gasteiger partial charge >= 0.3 is 5.97 Å². The number of carbonyl (C=O) groups is 1. The van der Waals surface area contributed by atoms with Crippen molar-refractivity contribution in [3.05, 3.63) is 0 Å². The third kappa shape index (κ3) is 8.23. The molecule has 2 nitrogen and oxygen atoms in total. The van der Waals surface area contributed by atoms with Crippen LogP contribution in [-0.4, -0.2) is 11.1 Å². The van der Waals surface area contributed by atoms with Crippen LogP contribution in [0.25, 0.3) is 0 Å². The summed E-state index contributed by atoms with van der Waals surface area (Å²) in [5.74, 6) is 1.43. The fraction of sp³-hybridized carbons (Fsp3) is 0.933. The molecule has 1 aliphatic rings. The quantitative estimate of drug-likeness (QED) is 0.535.